The van der Waals surface area contributed by atoms with E-state index in [1.807, 2.05) is 36.1 Å². The van der Waals surface area contributed by atoms with Crippen molar-refractivity contribution in [3.63, 3.8) is 0 Å². The predicted octanol–water partition coefficient (Wildman–Crippen LogP) is 2.74. The number of carbonyl (C=O) groups is 1. The summed E-state index contributed by atoms with van der Waals surface area (Å²) in [6, 6.07) is 12.1. The summed E-state index contributed by atoms with van der Waals surface area (Å²) in [5.41, 5.74) is 2.02. The minimum atomic E-state index is -0.753. The highest BCUT2D eigenvalue weighted by atomic mass is 16.3. The Morgan fingerprint density at radius 1 is 1.36 bits per heavy atom. The van der Waals surface area contributed by atoms with Crippen molar-refractivity contribution in [2.24, 2.45) is 5.92 Å². The summed E-state index contributed by atoms with van der Waals surface area (Å²) in [6.07, 6.45) is 3.73. The van der Waals surface area contributed by atoms with Gasteiger partial charge in [0.2, 0.25) is 0 Å². The van der Waals surface area contributed by atoms with Crippen LogP contribution in [0.4, 0.5) is 0 Å². The van der Waals surface area contributed by atoms with E-state index in [2.05, 4.69) is 22.3 Å². The van der Waals surface area contributed by atoms with Crippen LogP contribution >= 0.6 is 0 Å². The summed E-state index contributed by atoms with van der Waals surface area (Å²) < 4.78 is 0. The van der Waals surface area contributed by atoms with Crippen molar-refractivity contribution in [1.29, 1.82) is 0 Å². The number of nitrogens with one attached hydrogen (secondary N) is 1. The number of piperidine rings is 1. The first-order valence-electron chi connectivity index (χ1n) is 9.14. The molecule has 2 heterocycles. The molecule has 2 fully saturated rings. The van der Waals surface area contributed by atoms with Gasteiger partial charge in [0.05, 0.1) is 5.60 Å². The third-order valence-electron chi connectivity index (χ3n) is 5.65. The standard InChI is InChI=1S/C20H25N3O2/c1-20(25)9-10-23(13-16(20)11-14-5-3-2-4-6-14)19(24)18-12-17(21-22-18)15-7-8-15/h2-6,12,15-16,25H,7-11,13H2,1H3,(H,21,22)/t16-,20+/m0/s1. The summed E-state index contributed by atoms with van der Waals surface area (Å²) in [5, 5.41) is 18.0. The van der Waals surface area contributed by atoms with Crippen molar-refractivity contribution in [3.05, 3.63) is 53.3 Å². The molecule has 1 aromatic heterocycles. The number of H-pyrrole nitrogens is 1. The second-order valence-electron chi connectivity index (χ2n) is 7.73. The molecule has 1 saturated carbocycles. The van der Waals surface area contributed by atoms with E-state index in [1.54, 1.807) is 0 Å². The zero-order valence-electron chi connectivity index (χ0n) is 14.6. The van der Waals surface area contributed by atoms with Gasteiger partial charge >= 0.3 is 0 Å². The summed E-state index contributed by atoms with van der Waals surface area (Å²) in [4.78, 5) is 14.7. The monoisotopic (exact) mass is 339 g/mol. The lowest BCUT2D eigenvalue weighted by atomic mass is 9.79. The lowest BCUT2D eigenvalue weighted by molar-refractivity contribution is -0.0508. The van der Waals surface area contributed by atoms with E-state index in [4.69, 9.17) is 0 Å². The van der Waals surface area contributed by atoms with Crippen molar-refractivity contribution in [3.8, 4) is 0 Å². The van der Waals surface area contributed by atoms with E-state index in [1.165, 1.54) is 18.4 Å². The Labute approximate surface area is 148 Å². The smallest absolute Gasteiger partial charge is 0.274 e. The van der Waals surface area contributed by atoms with E-state index < -0.39 is 5.60 Å². The first-order chi connectivity index (χ1) is 12.0. The molecule has 0 unspecified atom stereocenters. The number of aliphatic hydroxyl groups is 1. The van der Waals surface area contributed by atoms with E-state index in [-0.39, 0.29) is 11.8 Å². The fourth-order valence-electron chi connectivity index (χ4n) is 3.70. The molecule has 0 radical (unpaired) electrons. The predicted molar refractivity (Wildman–Crippen MR) is 95.3 cm³/mol. The molecule has 0 spiro atoms. The van der Waals surface area contributed by atoms with Gasteiger partial charge in [-0.1, -0.05) is 30.3 Å². The van der Waals surface area contributed by atoms with Gasteiger partial charge in [-0.05, 0) is 44.2 Å². The van der Waals surface area contributed by atoms with Crippen molar-refractivity contribution < 1.29 is 9.90 Å². The zero-order chi connectivity index (χ0) is 17.4. The fraction of sp³-hybridized carbons (Fsp3) is 0.500. The minimum Gasteiger partial charge on any atom is -0.390 e. The van der Waals surface area contributed by atoms with Crippen LogP contribution in [0.2, 0.25) is 0 Å². The molecule has 1 amide bonds. The quantitative estimate of drug-likeness (QED) is 0.900. The average Bonchev–Trinajstić information content (AvgIpc) is 3.34. The topological polar surface area (TPSA) is 69.2 Å². The first-order valence-corrected chi connectivity index (χ1v) is 9.14. The number of hydrogen-bond acceptors (Lipinski definition) is 3. The average molecular weight is 339 g/mol. The second kappa shape index (κ2) is 6.30. The van der Waals surface area contributed by atoms with E-state index in [9.17, 15) is 9.90 Å². The Morgan fingerprint density at radius 3 is 2.84 bits per heavy atom. The summed E-state index contributed by atoms with van der Waals surface area (Å²) in [7, 11) is 0. The Kier molecular flexibility index (Phi) is 4.12. The van der Waals surface area contributed by atoms with E-state index in [0.29, 0.717) is 31.1 Å². The van der Waals surface area contributed by atoms with Crippen molar-refractivity contribution >= 4 is 5.91 Å². The number of nitrogens with zero attached hydrogens (tertiary/aromatic N) is 2. The molecule has 25 heavy (non-hydrogen) atoms. The van der Waals surface area contributed by atoms with Crippen LogP contribution in [0.5, 0.6) is 0 Å². The molecule has 1 aliphatic heterocycles. The number of amides is 1. The number of aromatic nitrogens is 2. The molecule has 4 rings (SSSR count). The summed E-state index contributed by atoms with van der Waals surface area (Å²) in [5.74, 6) is 0.549. The van der Waals surface area contributed by atoms with Gasteiger partial charge in [-0.25, -0.2) is 0 Å². The normalized spacial score (nSPS) is 26.6. The molecule has 2 N–H and O–H groups in total. The highest BCUT2D eigenvalue weighted by Crippen LogP contribution is 2.39. The molecule has 2 atom stereocenters. The number of rotatable bonds is 4. The maximum atomic E-state index is 12.8. The van der Waals surface area contributed by atoms with Crippen molar-refractivity contribution in [2.75, 3.05) is 13.1 Å². The fourth-order valence-corrected chi connectivity index (χ4v) is 3.70. The minimum absolute atomic E-state index is 0.0226. The Morgan fingerprint density at radius 2 is 2.12 bits per heavy atom. The van der Waals surface area contributed by atoms with Gasteiger partial charge in [0.15, 0.2) is 0 Å². The molecule has 5 nitrogen and oxygen atoms in total. The van der Waals surface area contributed by atoms with Crippen LogP contribution in [0.25, 0.3) is 0 Å². The van der Waals surface area contributed by atoms with Crippen LogP contribution in [-0.4, -0.2) is 44.8 Å². The lowest BCUT2D eigenvalue weighted by Gasteiger charge is -2.42. The number of likely N-dealkylation sites (tertiary alicyclic amines) is 1. The van der Waals surface area contributed by atoms with Crippen LogP contribution in [0.3, 0.4) is 0 Å². The van der Waals surface area contributed by atoms with E-state index >= 15 is 0 Å². The Balaban J connectivity index is 1.47. The maximum absolute atomic E-state index is 12.8. The molecule has 1 aliphatic carbocycles. The third-order valence-corrected chi connectivity index (χ3v) is 5.65. The third kappa shape index (κ3) is 3.47. The maximum Gasteiger partial charge on any atom is 0.274 e. The zero-order valence-corrected chi connectivity index (χ0v) is 14.6. The van der Waals surface area contributed by atoms with Gasteiger partial charge in [-0.3, -0.25) is 9.89 Å². The molecule has 5 heteroatoms. The van der Waals surface area contributed by atoms with Crippen molar-refractivity contribution in [2.45, 2.75) is 44.1 Å². The molecule has 0 bridgehead atoms. The molecular formula is C20H25N3O2. The van der Waals surface area contributed by atoms with Gasteiger partial charge in [0.1, 0.15) is 5.69 Å². The molecule has 1 saturated heterocycles. The summed E-state index contributed by atoms with van der Waals surface area (Å²) >= 11 is 0. The van der Waals surface area contributed by atoms with Gasteiger partial charge in [-0.2, -0.15) is 5.10 Å². The SMILES string of the molecule is C[C@@]1(O)CCN(C(=O)c2cc(C3CC3)[nH]n2)C[C@@H]1Cc1ccccc1. The van der Waals surface area contributed by atoms with Gasteiger partial charge in [-0.15, -0.1) is 0 Å². The van der Waals surface area contributed by atoms with E-state index in [0.717, 1.165) is 12.1 Å². The number of benzene rings is 1. The number of carbonyl (C=O) groups excluding carboxylic acids is 1. The molecule has 2 aromatic rings. The highest BCUT2D eigenvalue weighted by Gasteiger charge is 2.39. The largest absolute Gasteiger partial charge is 0.390 e. The number of aromatic amines is 1. The molecular weight excluding hydrogens is 314 g/mol. The van der Waals surface area contributed by atoms with Crippen LogP contribution in [0.15, 0.2) is 36.4 Å². The highest BCUT2D eigenvalue weighted by molar-refractivity contribution is 5.92. The Bertz CT molecular complexity index is 749. The molecule has 132 valence electrons. The van der Waals surface area contributed by atoms with Crippen LogP contribution in [0, 0.1) is 5.92 Å². The van der Waals surface area contributed by atoms with Crippen molar-refractivity contribution in [1.82, 2.24) is 15.1 Å². The lowest BCUT2D eigenvalue weighted by Crippen LogP contribution is -2.52. The summed E-state index contributed by atoms with van der Waals surface area (Å²) in [6.45, 7) is 3.03. The molecule has 1 aromatic carbocycles. The van der Waals surface area contributed by atoms with Gasteiger partial charge < -0.3 is 10.0 Å². The van der Waals surface area contributed by atoms with Crippen LogP contribution in [-0.2, 0) is 6.42 Å². The Hall–Kier alpha value is -2.14. The molecule has 2 aliphatic rings. The number of hydrogen-bond donors (Lipinski definition) is 2. The van der Waals surface area contributed by atoms with Crippen LogP contribution in [0.1, 0.15) is 53.8 Å². The first kappa shape index (κ1) is 16.3. The van der Waals surface area contributed by atoms with Gasteiger partial charge in [0, 0.05) is 30.6 Å². The van der Waals surface area contributed by atoms with Crippen LogP contribution < -0.4 is 0 Å². The van der Waals surface area contributed by atoms with Gasteiger partial charge in [0.25, 0.3) is 5.91 Å². The second-order valence-corrected chi connectivity index (χ2v) is 7.73.